The van der Waals surface area contributed by atoms with Crippen LogP contribution in [0.5, 0.6) is 5.75 Å². The van der Waals surface area contributed by atoms with Gasteiger partial charge in [0.25, 0.3) is 0 Å². The zero-order valence-electron chi connectivity index (χ0n) is 14.1. The van der Waals surface area contributed by atoms with Gasteiger partial charge in [0.05, 0.1) is 13.4 Å². The minimum Gasteiger partial charge on any atom is -0.496 e. The summed E-state index contributed by atoms with van der Waals surface area (Å²) in [5, 5.41) is 0. The van der Waals surface area contributed by atoms with E-state index in [-0.39, 0.29) is 0 Å². The van der Waals surface area contributed by atoms with Crippen LogP contribution in [0.1, 0.15) is 25.3 Å². The molecule has 1 aliphatic heterocycles. The molecule has 0 bridgehead atoms. The van der Waals surface area contributed by atoms with Crippen LogP contribution >= 0.6 is 11.9 Å². The smallest absolute Gasteiger partial charge is 0.123 e. The van der Waals surface area contributed by atoms with Crippen LogP contribution in [0.2, 0.25) is 0 Å². The molecule has 0 N–H and O–H groups in total. The van der Waals surface area contributed by atoms with Gasteiger partial charge in [-0.2, -0.15) is 0 Å². The molecule has 1 saturated heterocycles. The van der Waals surface area contributed by atoms with Gasteiger partial charge in [-0.25, -0.2) is 4.40 Å². The lowest BCUT2D eigenvalue weighted by atomic mass is 9.99. The summed E-state index contributed by atoms with van der Waals surface area (Å²) in [6, 6.07) is 6.32. The Hall–Kier alpha value is -1.20. The first-order valence-electron chi connectivity index (χ1n) is 7.84. The summed E-state index contributed by atoms with van der Waals surface area (Å²) in [6.07, 6.45) is 4.41. The van der Waals surface area contributed by atoms with E-state index in [2.05, 4.69) is 34.4 Å². The number of methoxy groups -OCH3 is 1. The molecule has 1 aromatic carbocycles. The SMILES string of the molecule is COc1ccc(S/N=C/N(C)C)cc1CN1CCC(C)CC1. The summed E-state index contributed by atoms with van der Waals surface area (Å²) in [5.41, 5.74) is 1.25. The molecule has 4 nitrogen and oxygen atoms in total. The van der Waals surface area contributed by atoms with Crippen molar-refractivity contribution in [1.82, 2.24) is 9.80 Å². The summed E-state index contributed by atoms with van der Waals surface area (Å²) in [4.78, 5) is 5.61. The van der Waals surface area contributed by atoms with Crippen molar-refractivity contribution < 1.29 is 4.74 Å². The number of rotatable bonds is 6. The Morgan fingerprint density at radius 3 is 2.73 bits per heavy atom. The fraction of sp³-hybridized carbons (Fsp3) is 0.588. The van der Waals surface area contributed by atoms with Crippen molar-refractivity contribution in [3.63, 3.8) is 0 Å². The van der Waals surface area contributed by atoms with Crippen molar-refractivity contribution in [3.8, 4) is 5.75 Å². The van der Waals surface area contributed by atoms with E-state index < -0.39 is 0 Å². The molecular formula is C17H27N3OS. The van der Waals surface area contributed by atoms with Crippen molar-refractivity contribution in [2.24, 2.45) is 10.3 Å². The standard InChI is InChI=1S/C17H27N3OS/c1-14-7-9-20(10-8-14)12-15-11-16(5-6-17(15)21-4)22-18-13-19(2)3/h5-6,11,13-14H,7-10,12H2,1-4H3/b18-13+. The minimum absolute atomic E-state index is 0.861. The molecule has 0 spiro atoms. The molecule has 0 saturated carbocycles. The van der Waals surface area contributed by atoms with Gasteiger partial charge in [-0.3, -0.25) is 4.90 Å². The number of piperidine rings is 1. The first-order chi connectivity index (χ1) is 10.6. The van der Waals surface area contributed by atoms with Crippen molar-refractivity contribution in [3.05, 3.63) is 23.8 Å². The first kappa shape index (κ1) is 17.2. The molecule has 22 heavy (non-hydrogen) atoms. The molecule has 0 amide bonds. The number of hydrogen-bond donors (Lipinski definition) is 0. The molecule has 0 aromatic heterocycles. The van der Waals surface area contributed by atoms with Crippen molar-refractivity contribution in [2.45, 2.75) is 31.2 Å². The van der Waals surface area contributed by atoms with E-state index in [0.717, 1.165) is 23.1 Å². The highest BCUT2D eigenvalue weighted by Gasteiger charge is 2.17. The summed E-state index contributed by atoms with van der Waals surface area (Å²) < 4.78 is 9.88. The van der Waals surface area contributed by atoms with Gasteiger partial charge in [0.2, 0.25) is 0 Å². The van der Waals surface area contributed by atoms with Crippen molar-refractivity contribution >= 4 is 18.3 Å². The van der Waals surface area contributed by atoms with Crippen LogP contribution in [-0.2, 0) is 6.54 Å². The van der Waals surface area contributed by atoms with E-state index in [9.17, 15) is 0 Å². The highest BCUT2D eigenvalue weighted by atomic mass is 32.2. The number of ether oxygens (including phenoxy) is 1. The minimum atomic E-state index is 0.861. The summed E-state index contributed by atoms with van der Waals surface area (Å²) in [7, 11) is 5.69. The monoisotopic (exact) mass is 321 g/mol. The van der Waals surface area contributed by atoms with Crippen LogP contribution < -0.4 is 4.74 Å². The Labute approximate surface area is 138 Å². The Bertz CT molecular complexity index is 497. The van der Waals surface area contributed by atoms with Crippen LogP contribution in [0.15, 0.2) is 27.5 Å². The van der Waals surface area contributed by atoms with Crippen LogP contribution in [-0.4, -0.2) is 50.4 Å². The molecule has 0 atom stereocenters. The second-order valence-electron chi connectivity index (χ2n) is 6.21. The summed E-state index contributed by atoms with van der Waals surface area (Å²) >= 11 is 1.50. The molecule has 2 rings (SSSR count). The van der Waals surface area contributed by atoms with Crippen molar-refractivity contribution in [1.29, 1.82) is 0 Å². The highest BCUT2D eigenvalue weighted by molar-refractivity contribution is 7.98. The Morgan fingerprint density at radius 1 is 1.36 bits per heavy atom. The third-order valence-corrected chi connectivity index (χ3v) is 4.62. The van der Waals surface area contributed by atoms with E-state index in [4.69, 9.17) is 4.74 Å². The van der Waals surface area contributed by atoms with E-state index in [1.807, 2.05) is 25.3 Å². The fourth-order valence-corrected chi connectivity index (χ4v) is 3.26. The second kappa shape index (κ2) is 8.44. The van der Waals surface area contributed by atoms with Gasteiger partial charge in [-0.15, -0.1) is 0 Å². The predicted octanol–water partition coefficient (Wildman–Crippen LogP) is 3.52. The first-order valence-corrected chi connectivity index (χ1v) is 8.62. The van der Waals surface area contributed by atoms with Crippen LogP contribution in [0, 0.1) is 5.92 Å². The Morgan fingerprint density at radius 2 is 2.09 bits per heavy atom. The lowest BCUT2D eigenvalue weighted by Crippen LogP contribution is -2.32. The maximum Gasteiger partial charge on any atom is 0.123 e. The summed E-state index contributed by atoms with van der Waals surface area (Å²) in [5.74, 6) is 1.83. The van der Waals surface area contributed by atoms with Gasteiger partial charge >= 0.3 is 0 Å². The molecule has 1 aliphatic rings. The Balaban J connectivity index is 2.04. The zero-order valence-corrected chi connectivity index (χ0v) is 14.9. The zero-order chi connectivity index (χ0) is 15.9. The molecule has 1 heterocycles. The second-order valence-corrected chi connectivity index (χ2v) is 7.07. The molecule has 1 aromatic rings. The maximum atomic E-state index is 5.52. The quantitative estimate of drug-likeness (QED) is 0.455. The molecule has 0 aliphatic carbocycles. The average molecular weight is 321 g/mol. The fourth-order valence-electron chi connectivity index (χ4n) is 2.58. The van der Waals surface area contributed by atoms with Crippen LogP contribution in [0.3, 0.4) is 0 Å². The van der Waals surface area contributed by atoms with E-state index >= 15 is 0 Å². The third kappa shape index (κ3) is 5.21. The van der Waals surface area contributed by atoms with E-state index in [0.29, 0.717) is 0 Å². The predicted molar refractivity (Wildman–Crippen MR) is 94.7 cm³/mol. The van der Waals surface area contributed by atoms with Crippen LogP contribution in [0.25, 0.3) is 0 Å². The molecule has 1 fully saturated rings. The van der Waals surface area contributed by atoms with Gasteiger partial charge in [-0.05, 0) is 50.0 Å². The van der Waals surface area contributed by atoms with Gasteiger partial charge in [-0.1, -0.05) is 6.92 Å². The number of benzene rings is 1. The molecule has 0 radical (unpaired) electrons. The van der Waals surface area contributed by atoms with E-state index in [1.54, 1.807) is 7.11 Å². The molecular weight excluding hydrogens is 294 g/mol. The van der Waals surface area contributed by atoms with E-state index in [1.165, 1.54) is 43.4 Å². The average Bonchev–Trinajstić information content (AvgIpc) is 2.49. The number of nitrogens with zero attached hydrogens (tertiary/aromatic N) is 3. The highest BCUT2D eigenvalue weighted by Crippen LogP contribution is 2.28. The number of hydrogen-bond acceptors (Lipinski definition) is 4. The molecule has 122 valence electrons. The molecule has 0 unspecified atom stereocenters. The van der Waals surface area contributed by atoms with Gasteiger partial charge in [0.1, 0.15) is 5.75 Å². The van der Waals surface area contributed by atoms with Crippen molar-refractivity contribution in [2.75, 3.05) is 34.3 Å². The lowest BCUT2D eigenvalue weighted by Gasteiger charge is -2.30. The number of likely N-dealkylation sites (tertiary alicyclic amines) is 1. The van der Waals surface area contributed by atoms with Gasteiger partial charge in [0, 0.05) is 43.0 Å². The lowest BCUT2D eigenvalue weighted by molar-refractivity contribution is 0.183. The van der Waals surface area contributed by atoms with Gasteiger partial charge < -0.3 is 9.64 Å². The molecule has 5 heteroatoms. The van der Waals surface area contributed by atoms with Gasteiger partial charge in [0.15, 0.2) is 0 Å². The third-order valence-electron chi connectivity index (χ3n) is 3.96. The normalized spacial score (nSPS) is 17.1. The maximum absolute atomic E-state index is 5.52. The topological polar surface area (TPSA) is 28.1 Å². The summed E-state index contributed by atoms with van der Waals surface area (Å²) in [6.45, 7) is 5.67. The Kier molecular flexibility index (Phi) is 6.58. The largest absolute Gasteiger partial charge is 0.496 e. The van der Waals surface area contributed by atoms with Crippen LogP contribution in [0.4, 0.5) is 0 Å².